The van der Waals surface area contributed by atoms with Crippen LogP contribution in [0.15, 0.2) is 0 Å². The summed E-state index contributed by atoms with van der Waals surface area (Å²) in [6.07, 6.45) is 3.82. The van der Waals surface area contributed by atoms with Crippen molar-refractivity contribution in [1.29, 1.82) is 0 Å². The van der Waals surface area contributed by atoms with Crippen LogP contribution in [0.25, 0.3) is 0 Å². The van der Waals surface area contributed by atoms with Gasteiger partial charge < -0.3 is 0 Å². The van der Waals surface area contributed by atoms with Gasteiger partial charge in [-0.15, -0.1) is 0 Å². The molecule has 0 amide bonds. The van der Waals surface area contributed by atoms with Gasteiger partial charge in [0.1, 0.15) is 0 Å². The molecule has 0 aliphatic carbocycles. The highest BCUT2D eigenvalue weighted by molar-refractivity contribution is 5.59. The summed E-state index contributed by atoms with van der Waals surface area (Å²) in [6, 6.07) is 0. The van der Waals surface area contributed by atoms with Crippen molar-refractivity contribution in [2.24, 2.45) is 5.41 Å². The molecular weight excluding hydrogens is 100 g/mol. The molecule has 0 N–H and O–H groups in total. The lowest BCUT2D eigenvalue weighted by atomic mass is 9.87. The van der Waals surface area contributed by atoms with Gasteiger partial charge in [-0.3, -0.25) is 4.79 Å². The summed E-state index contributed by atoms with van der Waals surface area (Å²) < 4.78 is 0. The number of hydrogen-bond acceptors (Lipinski definition) is 1. The zero-order valence-electron chi connectivity index (χ0n) is 5.82. The Bertz CT molecular complexity index is 72.5. The van der Waals surface area contributed by atoms with Crippen LogP contribution in [0.2, 0.25) is 0 Å². The van der Waals surface area contributed by atoms with Crippen LogP contribution >= 0.6 is 0 Å². The Balaban J connectivity index is 3.76. The third-order valence-electron chi connectivity index (χ3n) is 1.81. The Morgan fingerprint density at radius 1 is 1.38 bits per heavy atom. The highest BCUT2D eigenvalue weighted by Crippen LogP contribution is 2.20. The van der Waals surface area contributed by atoms with Crippen molar-refractivity contribution in [1.82, 2.24) is 0 Å². The molecule has 0 atom stereocenters. The molecule has 8 heavy (non-hydrogen) atoms. The van der Waals surface area contributed by atoms with Crippen LogP contribution in [0.1, 0.15) is 33.6 Å². The maximum absolute atomic E-state index is 10.2. The summed E-state index contributed by atoms with van der Waals surface area (Å²) in [7, 11) is 0. The van der Waals surface area contributed by atoms with E-state index < -0.39 is 0 Å². The van der Waals surface area contributed by atoms with E-state index in [0.29, 0.717) is 0 Å². The highest BCUT2D eigenvalue weighted by atomic mass is 16.1. The molecule has 0 aromatic rings. The number of hydrogen-bond donors (Lipinski definition) is 0. The Labute approximate surface area is 51.1 Å². The van der Waals surface area contributed by atoms with Gasteiger partial charge in [-0.2, -0.15) is 0 Å². The first kappa shape index (κ1) is 7.67. The fraction of sp³-hybridized carbons (Fsp3) is 0.857. The molecule has 1 radical (unpaired) electrons. The second-order valence-electron chi connectivity index (χ2n) is 2.37. The second kappa shape index (κ2) is 2.85. The fourth-order valence-corrected chi connectivity index (χ4v) is 0.394. The Hall–Kier alpha value is -0.330. The standard InChI is InChI=1S/C7H13O/c1-4-7(3,5-2)6-8/h4-5H2,1-3H3. The molecule has 47 valence electrons. The molecule has 0 rings (SSSR count). The van der Waals surface area contributed by atoms with E-state index >= 15 is 0 Å². The monoisotopic (exact) mass is 113 g/mol. The lowest BCUT2D eigenvalue weighted by Gasteiger charge is -2.15. The largest absolute Gasteiger partial charge is 0.290 e. The first-order valence-corrected chi connectivity index (χ1v) is 3.08. The Morgan fingerprint density at radius 3 is 1.75 bits per heavy atom. The van der Waals surface area contributed by atoms with Crippen LogP contribution < -0.4 is 0 Å². The summed E-state index contributed by atoms with van der Waals surface area (Å²) in [5, 5.41) is 0. The minimum atomic E-state index is -0.181. The van der Waals surface area contributed by atoms with Crippen molar-refractivity contribution in [3.05, 3.63) is 0 Å². The third kappa shape index (κ3) is 1.65. The first-order valence-electron chi connectivity index (χ1n) is 3.08. The average molecular weight is 113 g/mol. The van der Waals surface area contributed by atoms with E-state index in [0.717, 1.165) is 12.8 Å². The molecule has 0 unspecified atom stereocenters. The van der Waals surface area contributed by atoms with Gasteiger partial charge in [-0.25, -0.2) is 0 Å². The van der Waals surface area contributed by atoms with E-state index in [9.17, 15) is 4.79 Å². The maximum Gasteiger partial charge on any atom is 0.204 e. The molecule has 0 spiro atoms. The SMILES string of the molecule is CCC(C)([C]=O)CC. The van der Waals surface area contributed by atoms with E-state index in [1.54, 1.807) is 0 Å². The van der Waals surface area contributed by atoms with Crippen molar-refractivity contribution < 1.29 is 4.79 Å². The predicted molar refractivity (Wildman–Crippen MR) is 34.4 cm³/mol. The molecule has 1 heteroatoms. The van der Waals surface area contributed by atoms with Crippen molar-refractivity contribution in [2.45, 2.75) is 33.6 Å². The van der Waals surface area contributed by atoms with Gasteiger partial charge in [-0.1, -0.05) is 20.8 Å². The van der Waals surface area contributed by atoms with Crippen LogP contribution in [0, 0.1) is 5.41 Å². The van der Waals surface area contributed by atoms with Gasteiger partial charge in [0.15, 0.2) is 0 Å². The zero-order valence-corrected chi connectivity index (χ0v) is 5.82. The van der Waals surface area contributed by atoms with Crippen LogP contribution in [0.4, 0.5) is 0 Å². The first-order chi connectivity index (χ1) is 3.68. The maximum atomic E-state index is 10.2. The van der Waals surface area contributed by atoms with Gasteiger partial charge in [0, 0.05) is 5.41 Å². The molecule has 0 heterocycles. The average Bonchev–Trinajstić information content (AvgIpc) is 1.87. The predicted octanol–water partition coefficient (Wildman–Crippen LogP) is 1.92. The topological polar surface area (TPSA) is 17.1 Å². The summed E-state index contributed by atoms with van der Waals surface area (Å²) in [4.78, 5) is 10.2. The molecule has 0 aromatic heterocycles. The van der Waals surface area contributed by atoms with Crippen molar-refractivity contribution in [3.63, 3.8) is 0 Å². The summed E-state index contributed by atoms with van der Waals surface area (Å²) in [6.45, 7) is 5.95. The van der Waals surface area contributed by atoms with E-state index in [-0.39, 0.29) is 5.41 Å². The van der Waals surface area contributed by atoms with Crippen molar-refractivity contribution in [3.8, 4) is 0 Å². The zero-order chi connectivity index (χ0) is 6.62. The van der Waals surface area contributed by atoms with Gasteiger partial charge in [0.25, 0.3) is 0 Å². The molecule has 0 aliphatic rings. The van der Waals surface area contributed by atoms with Crippen molar-refractivity contribution in [2.75, 3.05) is 0 Å². The van der Waals surface area contributed by atoms with Crippen LogP contribution in [0.5, 0.6) is 0 Å². The normalized spacial score (nSPS) is 11.4. The van der Waals surface area contributed by atoms with Gasteiger partial charge >= 0.3 is 0 Å². The number of rotatable bonds is 3. The summed E-state index contributed by atoms with van der Waals surface area (Å²) in [5.41, 5.74) is -0.181. The summed E-state index contributed by atoms with van der Waals surface area (Å²) in [5.74, 6) is 0. The van der Waals surface area contributed by atoms with Gasteiger partial charge in [-0.05, 0) is 12.8 Å². The fourth-order valence-electron chi connectivity index (χ4n) is 0.394. The highest BCUT2D eigenvalue weighted by Gasteiger charge is 2.18. The van der Waals surface area contributed by atoms with Gasteiger partial charge in [0.2, 0.25) is 6.29 Å². The molecule has 1 nitrogen and oxygen atoms in total. The smallest absolute Gasteiger partial charge is 0.204 e. The van der Waals surface area contributed by atoms with E-state index in [2.05, 4.69) is 0 Å². The molecule has 0 bridgehead atoms. The number of carbonyl (C=O) groups excluding carboxylic acids is 1. The quantitative estimate of drug-likeness (QED) is 0.546. The Morgan fingerprint density at radius 2 is 1.75 bits per heavy atom. The lowest BCUT2D eigenvalue weighted by Crippen LogP contribution is -2.14. The van der Waals surface area contributed by atoms with Gasteiger partial charge in [0.05, 0.1) is 0 Å². The minimum Gasteiger partial charge on any atom is -0.290 e. The second-order valence-corrected chi connectivity index (χ2v) is 2.37. The van der Waals surface area contributed by atoms with E-state index in [1.165, 1.54) is 0 Å². The van der Waals surface area contributed by atoms with Crippen LogP contribution in [0.3, 0.4) is 0 Å². The molecule has 0 saturated heterocycles. The van der Waals surface area contributed by atoms with E-state index in [4.69, 9.17) is 0 Å². The van der Waals surface area contributed by atoms with Crippen molar-refractivity contribution >= 4 is 6.29 Å². The third-order valence-corrected chi connectivity index (χ3v) is 1.81. The minimum absolute atomic E-state index is 0.181. The van der Waals surface area contributed by atoms with Crippen LogP contribution in [-0.2, 0) is 4.79 Å². The van der Waals surface area contributed by atoms with Crippen LogP contribution in [-0.4, -0.2) is 6.29 Å². The summed E-state index contributed by atoms with van der Waals surface area (Å²) >= 11 is 0. The molecule has 0 aliphatic heterocycles. The molecular formula is C7H13O. The molecule has 0 saturated carbocycles. The van der Waals surface area contributed by atoms with E-state index in [1.807, 2.05) is 27.1 Å². The molecule has 0 aromatic carbocycles. The molecule has 0 fully saturated rings. The lowest BCUT2D eigenvalue weighted by molar-refractivity contribution is 0.394. The Kier molecular flexibility index (Phi) is 2.74.